The molecule has 1 aliphatic rings. The fourth-order valence-corrected chi connectivity index (χ4v) is 4.36. The second kappa shape index (κ2) is 6.95. The predicted molar refractivity (Wildman–Crippen MR) is 95.9 cm³/mol. The third-order valence-electron chi connectivity index (χ3n) is 3.80. The van der Waals surface area contributed by atoms with Crippen molar-refractivity contribution in [2.24, 2.45) is 0 Å². The molecule has 1 amide bonds. The number of pyridine rings is 1. The molecule has 0 unspecified atom stereocenters. The van der Waals surface area contributed by atoms with Gasteiger partial charge in [-0.05, 0) is 31.9 Å². The van der Waals surface area contributed by atoms with Gasteiger partial charge in [0.2, 0.25) is 5.13 Å². The van der Waals surface area contributed by atoms with Crippen molar-refractivity contribution in [3.63, 3.8) is 0 Å². The third kappa shape index (κ3) is 3.44. The first-order chi connectivity index (χ1) is 12.2. The molecule has 9 heteroatoms. The highest BCUT2D eigenvalue weighted by Gasteiger charge is 2.23. The van der Waals surface area contributed by atoms with E-state index in [-0.39, 0.29) is 12.0 Å². The van der Waals surface area contributed by atoms with E-state index in [0.29, 0.717) is 15.7 Å². The first-order valence-electron chi connectivity index (χ1n) is 7.85. The number of anilines is 1. The van der Waals surface area contributed by atoms with Crippen LogP contribution in [0.1, 0.15) is 39.3 Å². The number of carbonyl (C=O) groups excluding carboxylic acids is 1. The van der Waals surface area contributed by atoms with Crippen LogP contribution in [0, 0.1) is 6.92 Å². The number of aryl methyl sites for hydroxylation is 1. The average Bonchev–Trinajstić information content (AvgIpc) is 3.35. The SMILES string of the molecule is Cc1nc(-c2ccncc2)sc1C(=O)Nc1nnc([C@H]2CCCO2)s1. The van der Waals surface area contributed by atoms with Crippen LogP contribution in [0.3, 0.4) is 0 Å². The summed E-state index contributed by atoms with van der Waals surface area (Å²) >= 11 is 2.71. The van der Waals surface area contributed by atoms with Crippen molar-refractivity contribution in [1.82, 2.24) is 20.2 Å². The van der Waals surface area contributed by atoms with Gasteiger partial charge in [0.1, 0.15) is 21.0 Å². The zero-order valence-corrected chi connectivity index (χ0v) is 15.1. The van der Waals surface area contributed by atoms with E-state index in [1.165, 1.54) is 22.7 Å². The second-order valence-electron chi connectivity index (χ2n) is 5.57. The molecule has 0 saturated carbocycles. The smallest absolute Gasteiger partial charge is 0.269 e. The van der Waals surface area contributed by atoms with E-state index in [1.54, 1.807) is 12.4 Å². The Kier molecular flexibility index (Phi) is 4.51. The normalized spacial score (nSPS) is 16.9. The van der Waals surface area contributed by atoms with Crippen LogP contribution in [-0.4, -0.2) is 32.7 Å². The van der Waals surface area contributed by atoms with Crippen molar-refractivity contribution in [3.05, 3.63) is 40.1 Å². The molecular formula is C16H15N5O2S2. The lowest BCUT2D eigenvalue weighted by Crippen LogP contribution is -2.11. The first-order valence-corrected chi connectivity index (χ1v) is 9.48. The summed E-state index contributed by atoms with van der Waals surface area (Å²) in [6.07, 6.45) is 5.40. The fourth-order valence-electron chi connectivity index (χ4n) is 2.57. The number of amides is 1. The maximum Gasteiger partial charge on any atom is 0.269 e. The number of aromatic nitrogens is 4. The van der Waals surface area contributed by atoms with Gasteiger partial charge in [-0.2, -0.15) is 0 Å². The second-order valence-corrected chi connectivity index (χ2v) is 7.58. The highest BCUT2D eigenvalue weighted by molar-refractivity contribution is 7.17. The van der Waals surface area contributed by atoms with E-state index in [4.69, 9.17) is 4.74 Å². The number of thiazole rings is 1. The van der Waals surface area contributed by atoms with E-state index in [2.05, 4.69) is 25.5 Å². The van der Waals surface area contributed by atoms with Crippen LogP contribution in [-0.2, 0) is 4.74 Å². The van der Waals surface area contributed by atoms with Crippen LogP contribution in [0.2, 0.25) is 0 Å². The lowest BCUT2D eigenvalue weighted by Gasteiger charge is -2.02. The minimum absolute atomic E-state index is 0.00610. The van der Waals surface area contributed by atoms with E-state index in [0.717, 1.165) is 35.0 Å². The van der Waals surface area contributed by atoms with Gasteiger partial charge in [-0.15, -0.1) is 21.5 Å². The molecule has 0 bridgehead atoms. The van der Waals surface area contributed by atoms with Gasteiger partial charge in [0, 0.05) is 24.6 Å². The summed E-state index contributed by atoms with van der Waals surface area (Å²) in [6.45, 7) is 2.58. The third-order valence-corrected chi connectivity index (χ3v) is 5.93. The standard InChI is InChI=1S/C16H15N5O2S2/c1-9-12(24-14(18-9)10-4-6-17-7-5-10)13(22)19-16-21-20-15(25-16)11-3-2-8-23-11/h4-7,11H,2-3,8H2,1H3,(H,19,21,22)/t11-/m1/s1. The lowest BCUT2D eigenvalue weighted by atomic mass is 10.2. The minimum Gasteiger partial charge on any atom is -0.371 e. The quantitative estimate of drug-likeness (QED) is 0.753. The van der Waals surface area contributed by atoms with Gasteiger partial charge in [-0.1, -0.05) is 11.3 Å². The molecule has 128 valence electrons. The Hall–Kier alpha value is -2.23. The van der Waals surface area contributed by atoms with E-state index in [9.17, 15) is 4.79 Å². The van der Waals surface area contributed by atoms with Gasteiger partial charge >= 0.3 is 0 Å². The molecular weight excluding hydrogens is 358 g/mol. The number of nitrogens with one attached hydrogen (secondary N) is 1. The van der Waals surface area contributed by atoms with Crippen molar-refractivity contribution in [3.8, 4) is 10.6 Å². The van der Waals surface area contributed by atoms with E-state index < -0.39 is 0 Å². The van der Waals surface area contributed by atoms with Crippen molar-refractivity contribution in [1.29, 1.82) is 0 Å². The summed E-state index contributed by atoms with van der Waals surface area (Å²) in [4.78, 5) is 21.6. The van der Waals surface area contributed by atoms with Crippen molar-refractivity contribution in [2.45, 2.75) is 25.9 Å². The van der Waals surface area contributed by atoms with Crippen molar-refractivity contribution < 1.29 is 9.53 Å². The molecule has 3 aromatic rings. The molecule has 1 aliphatic heterocycles. The van der Waals surface area contributed by atoms with Gasteiger partial charge in [-0.3, -0.25) is 15.1 Å². The highest BCUT2D eigenvalue weighted by atomic mass is 32.1. The summed E-state index contributed by atoms with van der Waals surface area (Å²) in [7, 11) is 0. The number of carbonyl (C=O) groups is 1. The summed E-state index contributed by atoms with van der Waals surface area (Å²) in [5.41, 5.74) is 1.64. The van der Waals surface area contributed by atoms with Gasteiger partial charge in [0.15, 0.2) is 0 Å². The Labute approximate surface area is 152 Å². The van der Waals surface area contributed by atoms with Gasteiger partial charge in [0.25, 0.3) is 5.91 Å². The van der Waals surface area contributed by atoms with Crippen LogP contribution in [0.15, 0.2) is 24.5 Å². The molecule has 0 spiro atoms. The Morgan fingerprint density at radius 2 is 2.12 bits per heavy atom. The number of rotatable bonds is 4. The summed E-state index contributed by atoms with van der Waals surface area (Å²) in [5.74, 6) is -0.217. The minimum atomic E-state index is -0.217. The molecule has 0 radical (unpaired) electrons. The van der Waals surface area contributed by atoms with Crippen LogP contribution in [0.4, 0.5) is 5.13 Å². The van der Waals surface area contributed by atoms with Crippen LogP contribution >= 0.6 is 22.7 Å². The highest BCUT2D eigenvalue weighted by Crippen LogP contribution is 2.33. The molecule has 0 aromatic carbocycles. The monoisotopic (exact) mass is 373 g/mol. The van der Waals surface area contributed by atoms with E-state index in [1.807, 2.05) is 19.1 Å². The lowest BCUT2D eigenvalue weighted by molar-refractivity contribution is 0.102. The molecule has 1 saturated heterocycles. The van der Waals surface area contributed by atoms with Gasteiger partial charge in [0.05, 0.1) is 5.69 Å². The van der Waals surface area contributed by atoms with Crippen LogP contribution in [0.5, 0.6) is 0 Å². The molecule has 4 rings (SSSR count). The van der Waals surface area contributed by atoms with Crippen molar-refractivity contribution >= 4 is 33.7 Å². The Morgan fingerprint density at radius 3 is 2.88 bits per heavy atom. The topological polar surface area (TPSA) is 89.9 Å². The van der Waals surface area contributed by atoms with Gasteiger partial charge in [-0.25, -0.2) is 4.98 Å². The average molecular weight is 373 g/mol. The summed E-state index contributed by atoms with van der Waals surface area (Å²) < 4.78 is 5.60. The largest absolute Gasteiger partial charge is 0.371 e. The Bertz CT molecular complexity index is 887. The molecule has 1 fully saturated rings. The molecule has 1 atom stereocenters. The maximum absolute atomic E-state index is 12.6. The van der Waals surface area contributed by atoms with Crippen LogP contribution < -0.4 is 5.32 Å². The summed E-state index contributed by atoms with van der Waals surface area (Å²) in [6, 6.07) is 3.75. The fraction of sp³-hybridized carbons (Fsp3) is 0.312. The number of ether oxygens (including phenoxy) is 1. The molecule has 7 nitrogen and oxygen atoms in total. The number of hydrogen-bond acceptors (Lipinski definition) is 8. The molecule has 0 aliphatic carbocycles. The molecule has 3 aromatic heterocycles. The molecule has 1 N–H and O–H groups in total. The molecule has 25 heavy (non-hydrogen) atoms. The Balaban J connectivity index is 1.51. The van der Waals surface area contributed by atoms with Gasteiger partial charge < -0.3 is 4.74 Å². The predicted octanol–water partition coefficient (Wildman–Crippen LogP) is 3.47. The summed E-state index contributed by atoms with van der Waals surface area (Å²) in [5, 5.41) is 13.1. The van der Waals surface area contributed by atoms with Crippen LogP contribution in [0.25, 0.3) is 10.6 Å². The maximum atomic E-state index is 12.6. The zero-order valence-electron chi connectivity index (χ0n) is 13.4. The zero-order chi connectivity index (χ0) is 17.2. The van der Waals surface area contributed by atoms with E-state index >= 15 is 0 Å². The number of nitrogens with zero attached hydrogens (tertiary/aromatic N) is 4. The molecule has 4 heterocycles. The number of hydrogen-bond donors (Lipinski definition) is 1. The first kappa shape index (κ1) is 16.2. The van der Waals surface area contributed by atoms with Crippen molar-refractivity contribution in [2.75, 3.05) is 11.9 Å². The Morgan fingerprint density at radius 1 is 1.28 bits per heavy atom.